The van der Waals surface area contributed by atoms with Gasteiger partial charge in [0.25, 0.3) is 0 Å². The molecule has 1 heterocycles. The van der Waals surface area contributed by atoms with Crippen molar-refractivity contribution in [3.63, 3.8) is 0 Å². The second kappa shape index (κ2) is 5.92. The molecule has 0 aromatic rings. The summed E-state index contributed by atoms with van der Waals surface area (Å²) in [4.78, 5) is 13.4. The molecule has 5 nitrogen and oxygen atoms in total. The van der Waals surface area contributed by atoms with Crippen LogP contribution in [0.15, 0.2) is 0 Å². The first-order valence-corrected chi connectivity index (χ1v) is 9.16. The van der Waals surface area contributed by atoms with E-state index in [4.69, 9.17) is 4.74 Å². The van der Waals surface area contributed by atoms with Crippen molar-refractivity contribution in [2.24, 2.45) is 11.8 Å². The van der Waals surface area contributed by atoms with E-state index in [1.54, 1.807) is 13.8 Å². The van der Waals surface area contributed by atoms with E-state index < -0.39 is 23.5 Å². The number of hydrogen-bond acceptors (Lipinski definition) is 3. The molecule has 23 heavy (non-hydrogen) atoms. The number of rotatable bonds is 4. The van der Waals surface area contributed by atoms with Crippen molar-refractivity contribution in [3.8, 4) is 0 Å². The molecule has 1 amide bonds. The molecule has 2 aliphatic carbocycles. The number of aliphatic hydroxyl groups is 1. The Morgan fingerprint density at radius 3 is 2.35 bits per heavy atom. The van der Waals surface area contributed by atoms with Crippen LogP contribution < -0.4 is 0 Å². The Morgan fingerprint density at radius 2 is 1.83 bits per heavy atom. The van der Waals surface area contributed by atoms with Crippen LogP contribution in [0.25, 0.3) is 0 Å². The third kappa shape index (κ3) is 3.22. The molecular weight excluding hydrogens is 294 g/mol. The van der Waals surface area contributed by atoms with E-state index in [1.807, 2.05) is 6.92 Å². The Bertz CT molecular complexity index is 452. The number of hydrogen-bond donors (Lipinski definition) is 2. The zero-order chi connectivity index (χ0) is 16.8. The third-order valence-corrected chi connectivity index (χ3v) is 6.16. The van der Waals surface area contributed by atoms with Gasteiger partial charge in [-0.1, -0.05) is 32.1 Å². The van der Waals surface area contributed by atoms with E-state index >= 15 is 0 Å². The summed E-state index contributed by atoms with van der Waals surface area (Å²) < 4.78 is 6.14. The lowest BCUT2D eigenvalue weighted by molar-refractivity contribution is -0.140. The summed E-state index contributed by atoms with van der Waals surface area (Å²) in [7, 11) is 0. The molecule has 3 atom stereocenters. The van der Waals surface area contributed by atoms with Crippen LogP contribution in [0.1, 0.15) is 72.1 Å². The fourth-order valence-electron chi connectivity index (χ4n) is 4.76. The number of nitrogens with zero attached hydrogens (tertiary/aromatic N) is 1. The summed E-state index contributed by atoms with van der Waals surface area (Å²) in [6, 6.07) is -0.249. The summed E-state index contributed by atoms with van der Waals surface area (Å²) in [6.45, 7) is 5.45. The van der Waals surface area contributed by atoms with Crippen molar-refractivity contribution in [3.05, 3.63) is 0 Å². The summed E-state index contributed by atoms with van der Waals surface area (Å²) in [5.74, 6) is 0.788. The van der Waals surface area contributed by atoms with Crippen LogP contribution in [-0.4, -0.2) is 44.7 Å². The van der Waals surface area contributed by atoms with Crippen LogP contribution in [0.4, 0.5) is 4.79 Å². The Morgan fingerprint density at radius 1 is 1.22 bits per heavy atom. The van der Waals surface area contributed by atoms with Crippen LogP contribution in [-0.2, 0) is 4.74 Å². The van der Waals surface area contributed by atoms with Gasteiger partial charge in [-0.25, -0.2) is 4.79 Å². The number of amides is 1. The molecule has 3 rings (SSSR count). The Labute approximate surface area is 139 Å². The van der Waals surface area contributed by atoms with Crippen molar-refractivity contribution in [1.29, 1.82) is 0 Å². The minimum atomic E-state index is -0.944. The number of carboxylic acid groups (broad SMARTS) is 1. The van der Waals surface area contributed by atoms with Gasteiger partial charge in [-0.15, -0.1) is 0 Å². The summed E-state index contributed by atoms with van der Waals surface area (Å²) >= 11 is 0. The Kier molecular flexibility index (Phi) is 4.38. The van der Waals surface area contributed by atoms with Gasteiger partial charge in [-0.2, -0.15) is 0 Å². The minimum Gasteiger partial charge on any atom is -0.465 e. The van der Waals surface area contributed by atoms with Crippen LogP contribution in [0.3, 0.4) is 0 Å². The average Bonchev–Trinajstić information content (AvgIpc) is 3.26. The van der Waals surface area contributed by atoms with Gasteiger partial charge in [0.15, 0.2) is 0 Å². The topological polar surface area (TPSA) is 70.0 Å². The highest BCUT2D eigenvalue weighted by Crippen LogP contribution is 2.49. The maximum atomic E-state index is 11.9. The van der Waals surface area contributed by atoms with E-state index in [1.165, 1.54) is 37.0 Å². The lowest BCUT2D eigenvalue weighted by Gasteiger charge is -2.36. The number of ether oxygens (including phenoxy) is 1. The van der Waals surface area contributed by atoms with E-state index in [9.17, 15) is 15.0 Å². The van der Waals surface area contributed by atoms with Crippen LogP contribution >= 0.6 is 0 Å². The lowest BCUT2D eigenvalue weighted by Crippen LogP contribution is -2.52. The fraction of sp³-hybridized carbons (Fsp3) is 0.944. The van der Waals surface area contributed by atoms with Crippen molar-refractivity contribution in [1.82, 2.24) is 4.90 Å². The molecule has 1 aliphatic heterocycles. The molecule has 3 aliphatic rings. The van der Waals surface area contributed by atoms with Gasteiger partial charge in [0.2, 0.25) is 0 Å². The maximum absolute atomic E-state index is 11.9. The predicted molar refractivity (Wildman–Crippen MR) is 87.1 cm³/mol. The quantitative estimate of drug-likeness (QED) is 0.828. The first-order valence-electron chi connectivity index (χ1n) is 9.16. The van der Waals surface area contributed by atoms with Gasteiger partial charge in [0.05, 0.1) is 11.6 Å². The lowest BCUT2D eigenvalue weighted by atomic mass is 9.79. The van der Waals surface area contributed by atoms with Gasteiger partial charge in [0, 0.05) is 0 Å². The number of carbonyl (C=O) groups is 1. The molecule has 0 bridgehead atoms. The molecule has 2 saturated carbocycles. The first kappa shape index (κ1) is 17.0. The molecule has 3 fully saturated rings. The molecule has 0 aromatic carbocycles. The minimum absolute atomic E-state index is 0.242. The van der Waals surface area contributed by atoms with E-state index in [0.29, 0.717) is 5.92 Å². The van der Waals surface area contributed by atoms with Crippen LogP contribution in [0.5, 0.6) is 0 Å². The highest BCUT2D eigenvalue weighted by Gasteiger charge is 2.59. The standard InChI is InChI=1S/C18H31NO4/c1-17(2)19(16(20)21)14(11-12-7-5-4-6-8-12)15(23-17)18(3,22)13-9-10-13/h12-15,22H,4-11H2,1-3H3,(H,20,21)/t14-,15+,18-/m0/s1. The van der Waals surface area contributed by atoms with Gasteiger partial charge >= 0.3 is 6.09 Å². The molecule has 0 spiro atoms. The third-order valence-electron chi connectivity index (χ3n) is 6.16. The molecule has 132 valence electrons. The van der Waals surface area contributed by atoms with Crippen LogP contribution in [0, 0.1) is 11.8 Å². The van der Waals surface area contributed by atoms with Crippen molar-refractivity contribution in [2.45, 2.75) is 95.6 Å². The van der Waals surface area contributed by atoms with Crippen LogP contribution in [0.2, 0.25) is 0 Å². The molecule has 0 radical (unpaired) electrons. The first-order chi connectivity index (χ1) is 10.7. The van der Waals surface area contributed by atoms with Crippen molar-refractivity contribution < 1.29 is 19.7 Å². The predicted octanol–water partition coefficient (Wildman–Crippen LogP) is 3.60. The maximum Gasteiger partial charge on any atom is 0.409 e. The monoisotopic (exact) mass is 325 g/mol. The largest absolute Gasteiger partial charge is 0.465 e. The smallest absolute Gasteiger partial charge is 0.409 e. The molecular formula is C18H31NO4. The van der Waals surface area contributed by atoms with Gasteiger partial charge < -0.3 is 14.9 Å². The molecule has 0 aromatic heterocycles. The fourth-order valence-corrected chi connectivity index (χ4v) is 4.76. The van der Waals surface area contributed by atoms with Crippen molar-refractivity contribution in [2.75, 3.05) is 0 Å². The Balaban J connectivity index is 1.85. The molecule has 0 unspecified atom stereocenters. The van der Waals surface area contributed by atoms with E-state index in [-0.39, 0.29) is 12.0 Å². The average molecular weight is 325 g/mol. The second-order valence-corrected chi connectivity index (χ2v) is 8.44. The molecule has 2 N–H and O–H groups in total. The SMILES string of the molecule is CC1(C)O[C@@H]([C@@](C)(O)C2CC2)[C@H](CC2CCCCC2)N1C(=O)O. The molecule has 1 saturated heterocycles. The van der Waals surface area contributed by atoms with Crippen molar-refractivity contribution >= 4 is 6.09 Å². The van der Waals surface area contributed by atoms with E-state index in [0.717, 1.165) is 19.3 Å². The summed E-state index contributed by atoms with van der Waals surface area (Å²) in [6.07, 6.45) is 7.56. The summed E-state index contributed by atoms with van der Waals surface area (Å²) in [5, 5.41) is 20.8. The zero-order valence-corrected chi connectivity index (χ0v) is 14.6. The zero-order valence-electron chi connectivity index (χ0n) is 14.6. The van der Waals surface area contributed by atoms with E-state index in [2.05, 4.69) is 0 Å². The summed E-state index contributed by atoms with van der Waals surface area (Å²) in [5.41, 5.74) is -1.82. The molecule has 5 heteroatoms. The normalized spacial score (nSPS) is 34.3. The van der Waals surface area contributed by atoms with Gasteiger partial charge in [-0.3, -0.25) is 4.90 Å². The van der Waals surface area contributed by atoms with Gasteiger partial charge in [0.1, 0.15) is 11.8 Å². The van der Waals surface area contributed by atoms with Gasteiger partial charge in [-0.05, 0) is 51.9 Å². The highest BCUT2D eigenvalue weighted by atomic mass is 16.6. The second-order valence-electron chi connectivity index (χ2n) is 8.44. The Hall–Kier alpha value is -0.810. The highest BCUT2D eigenvalue weighted by molar-refractivity contribution is 5.67.